The third-order valence-electron chi connectivity index (χ3n) is 2.12. The minimum absolute atomic E-state index is 0.182. The number of hydrogen-bond donors (Lipinski definition) is 2. The number of hydrogen-bond acceptors (Lipinski definition) is 5. The Morgan fingerprint density at radius 1 is 1.41 bits per heavy atom. The second-order valence-corrected chi connectivity index (χ2v) is 4.11. The molecule has 1 amide bonds. The van der Waals surface area contributed by atoms with Gasteiger partial charge in [0.05, 0.1) is 5.56 Å². The molecule has 0 bridgehead atoms. The van der Waals surface area contributed by atoms with Crippen LogP contribution in [0.3, 0.4) is 0 Å². The number of nitrogens with one attached hydrogen (secondary N) is 2. The summed E-state index contributed by atoms with van der Waals surface area (Å²) in [5, 5.41) is 13.8. The van der Waals surface area contributed by atoms with Gasteiger partial charge in [-0.3, -0.25) is 10.1 Å². The summed E-state index contributed by atoms with van der Waals surface area (Å²) in [7, 11) is 0. The SMILES string of the molecule is CCNc1ccccc1C(=O)Nc1nncs1. The van der Waals surface area contributed by atoms with Crippen molar-refractivity contribution in [3.63, 3.8) is 0 Å². The number of anilines is 2. The molecular formula is C11H12N4OS. The summed E-state index contributed by atoms with van der Waals surface area (Å²) >= 11 is 1.29. The molecule has 0 fully saturated rings. The number of para-hydroxylation sites is 1. The molecule has 17 heavy (non-hydrogen) atoms. The van der Waals surface area contributed by atoms with Gasteiger partial charge in [-0.15, -0.1) is 10.2 Å². The zero-order valence-corrected chi connectivity index (χ0v) is 10.1. The second kappa shape index (κ2) is 5.40. The number of carbonyl (C=O) groups excluding carboxylic acids is 1. The van der Waals surface area contributed by atoms with E-state index in [1.165, 1.54) is 11.3 Å². The lowest BCUT2D eigenvalue weighted by Crippen LogP contribution is -2.14. The van der Waals surface area contributed by atoms with Crippen LogP contribution in [0.15, 0.2) is 29.8 Å². The summed E-state index contributed by atoms with van der Waals surface area (Å²) in [6.07, 6.45) is 0. The first-order valence-corrected chi connectivity index (χ1v) is 6.09. The molecule has 0 saturated carbocycles. The number of nitrogens with zero attached hydrogens (tertiary/aromatic N) is 2. The van der Waals surface area contributed by atoms with Crippen molar-refractivity contribution in [1.82, 2.24) is 10.2 Å². The van der Waals surface area contributed by atoms with Crippen molar-refractivity contribution in [2.24, 2.45) is 0 Å². The molecule has 1 aromatic heterocycles. The summed E-state index contributed by atoms with van der Waals surface area (Å²) in [4.78, 5) is 12.0. The molecule has 6 heteroatoms. The van der Waals surface area contributed by atoms with Gasteiger partial charge in [0, 0.05) is 12.2 Å². The van der Waals surface area contributed by atoms with E-state index in [0.717, 1.165) is 12.2 Å². The monoisotopic (exact) mass is 248 g/mol. The number of aromatic nitrogens is 2. The molecule has 5 nitrogen and oxygen atoms in total. The average molecular weight is 248 g/mol. The van der Waals surface area contributed by atoms with E-state index in [9.17, 15) is 4.79 Å². The molecule has 2 N–H and O–H groups in total. The van der Waals surface area contributed by atoms with Gasteiger partial charge in [0.25, 0.3) is 5.91 Å². The number of carbonyl (C=O) groups is 1. The van der Waals surface area contributed by atoms with Crippen LogP contribution in [0.5, 0.6) is 0 Å². The Morgan fingerprint density at radius 2 is 2.24 bits per heavy atom. The van der Waals surface area contributed by atoms with E-state index in [1.54, 1.807) is 11.6 Å². The minimum atomic E-state index is -0.182. The maximum atomic E-state index is 12.0. The third-order valence-corrected chi connectivity index (χ3v) is 2.73. The molecule has 1 aromatic carbocycles. The van der Waals surface area contributed by atoms with Gasteiger partial charge in [-0.1, -0.05) is 23.5 Å². The van der Waals surface area contributed by atoms with Crippen molar-refractivity contribution in [2.75, 3.05) is 17.2 Å². The maximum absolute atomic E-state index is 12.0. The first kappa shape index (κ1) is 11.5. The third kappa shape index (κ3) is 2.79. The molecule has 0 aliphatic rings. The van der Waals surface area contributed by atoms with Gasteiger partial charge in [0.2, 0.25) is 5.13 Å². The van der Waals surface area contributed by atoms with Gasteiger partial charge >= 0.3 is 0 Å². The molecule has 0 aliphatic carbocycles. The van der Waals surface area contributed by atoms with Gasteiger partial charge in [0.15, 0.2) is 0 Å². The summed E-state index contributed by atoms with van der Waals surface area (Å²) in [6.45, 7) is 2.75. The van der Waals surface area contributed by atoms with Crippen LogP contribution in [-0.4, -0.2) is 22.6 Å². The van der Waals surface area contributed by atoms with Crippen molar-refractivity contribution in [1.29, 1.82) is 0 Å². The van der Waals surface area contributed by atoms with Gasteiger partial charge in [-0.2, -0.15) is 0 Å². The fraction of sp³-hybridized carbons (Fsp3) is 0.182. The highest BCUT2D eigenvalue weighted by Crippen LogP contribution is 2.17. The van der Waals surface area contributed by atoms with Gasteiger partial charge < -0.3 is 5.32 Å². The minimum Gasteiger partial charge on any atom is -0.385 e. The molecule has 0 aliphatic heterocycles. The van der Waals surface area contributed by atoms with Crippen molar-refractivity contribution >= 4 is 28.1 Å². The molecule has 0 unspecified atom stereocenters. The van der Waals surface area contributed by atoms with Gasteiger partial charge in [-0.05, 0) is 19.1 Å². The molecule has 88 valence electrons. The Balaban J connectivity index is 2.18. The molecule has 1 heterocycles. The fourth-order valence-corrected chi connectivity index (χ4v) is 1.86. The smallest absolute Gasteiger partial charge is 0.259 e. The molecule has 0 atom stereocenters. The average Bonchev–Trinajstić information content (AvgIpc) is 2.83. The standard InChI is InChI=1S/C11H12N4OS/c1-2-12-9-6-4-3-5-8(9)10(16)14-11-15-13-7-17-11/h3-7,12H,2H2,1H3,(H,14,15,16). The van der Waals surface area contributed by atoms with Crippen LogP contribution >= 0.6 is 11.3 Å². The van der Waals surface area contributed by atoms with Crippen molar-refractivity contribution in [3.8, 4) is 0 Å². The number of benzene rings is 1. The Labute approximate surface area is 103 Å². The fourth-order valence-electron chi connectivity index (χ4n) is 1.42. The Kier molecular flexibility index (Phi) is 3.66. The lowest BCUT2D eigenvalue weighted by atomic mass is 10.1. The Hall–Kier alpha value is -1.95. The summed E-state index contributed by atoms with van der Waals surface area (Å²) in [6, 6.07) is 7.36. The van der Waals surface area contributed by atoms with E-state index in [0.29, 0.717) is 10.7 Å². The largest absolute Gasteiger partial charge is 0.385 e. The van der Waals surface area contributed by atoms with Crippen molar-refractivity contribution in [2.45, 2.75) is 6.92 Å². The van der Waals surface area contributed by atoms with Crippen LogP contribution in [0.4, 0.5) is 10.8 Å². The quantitative estimate of drug-likeness (QED) is 0.870. The highest BCUT2D eigenvalue weighted by Gasteiger charge is 2.11. The Morgan fingerprint density at radius 3 is 2.94 bits per heavy atom. The molecule has 2 rings (SSSR count). The molecule has 2 aromatic rings. The van der Waals surface area contributed by atoms with E-state index in [4.69, 9.17) is 0 Å². The van der Waals surface area contributed by atoms with Crippen molar-refractivity contribution < 1.29 is 4.79 Å². The zero-order valence-electron chi connectivity index (χ0n) is 9.30. The predicted octanol–water partition coefficient (Wildman–Crippen LogP) is 2.22. The van der Waals surface area contributed by atoms with E-state index in [-0.39, 0.29) is 5.91 Å². The first-order chi connectivity index (χ1) is 8.31. The lowest BCUT2D eigenvalue weighted by molar-refractivity contribution is 0.102. The van der Waals surface area contributed by atoms with E-state index >= 15 is 0 Å². The van der Waals surface area contributed by atoms with Crippen LogP contribution in [0.2, 0.25) is 0 Å². The van der Waals surface area contributed by atoms with Crippen LogP contribution in [0, 0.1) is 0 Å². The van der Waals surface area contributed by atoms with Gasteiger partial charge in [-0.25, -0.2) is 0 Å². The maximum Gasteiger partial charge on any atom is 0.259 e. The summed E-state index contributed by atoms with van der Waals surface area (Å²) in [5.74, 6) is -0.182. The van der Waals surface area contributed by atoms with Crippen LogP contribution < -0.4 is 10.6 Å². The topological polar surface area (TPSA) is 66.9 Å². The molecule has 0 saturated heterocycles. The normalized spacial score (nSPS) is 9.94. The zero-order chi connectivity index (χ0) is 12.1. The van der Waals surface area contributed by atoms with E-state index in [2.05, 4.69) is 20.8 Å². The predicted molar refractivity (Wildman–Crippen MR) is 68.5 cm³/mol. The molecule has 0 spiro atoms. The lowest BCUT2D eigenvalue weighted by Gasteiger charge is -2.09. The molecule has 0 radical (unpaired) electrons. The van der Waals surface area contributed by atoms with Crippen LogP contribution in [0.25, 0.3) is 0 Å². The molecular weight excluding hydrogens is 236 g/mol. The van der Waals surface area contributed by atoms with Gasteiger partial charge in [0.1, 0.15) is 5.51 Å². The highest BCUT2D eigenvalue weighted by molar-refractivity contribution is 7.13. The van der Waals surface area contributed by atoms with Crippen molar-refractivity contribution in [3.05, 3.63) is 35.3 Å². The highest BCUT2D eigenvalue weighted by atomic mass is 32.1. The number of rotatable bonds is 4. The summed E-state index contributed by atoms with van der Waals surface area (Å²) < 4.78 is 0. The Bertz CT molecular complexity index is 498. The number of amides is 1. The summed E-state index contributed by atoms with van der Waals surface area (Å²) in [5.41, 5.74) is 2.99. The van der Waals surface area contributed by atoms with E-state index < -0.39 is 0 Å². The first-order valence-electron chi connectivity index (χ1n) is 5.21. The van der Waals surface area contributed by atoms with Crippen LogP contribution in [-0.2, 0) is 0 Å². The van der Waals surface area contributed by atoms with Crippen LogP contribution in [0.1, 0.15) is 17.3 Å². The van der Waals surface area contributed by atoms with E-state index in [1.807, 2.05) is 25.1 Å². The second-order valence-electron chi connectivity index (χ2n) is 3.27.